The van der Waals surface area contributed by atoms with Gasteiger partial charge in [0.2, 0.25) is 11.8 Å². The topological polar surface area (TPSA) is 66.6 Å². The number of nitrogens with two attached hydrogens (primary N) is 1. The predicted molar refractivity (Wildman–Crippen MR) is 93.2 cm³/mol. The molecule has 1 aliphatic heterocycles. The van der Waals surface area contributed by atoms with Crippen LogP contribution >= 0.6 is 12.4 Å². The van der Waals surface area contributed by atoms with Crippen molar-refractivity contribution in [2.75, 3.05) is 19.6 Å². The smallest absolute Gasteiger partial charge is 0.245 e. The van der Waals surface area contributed by atoms with Crippen molar-refractivity contribution >= 4 is 24.2 Å². The lowest BCUT2D eigenvalue weighted by Crippen LogP contribution is -2.47. The van der Waals surface area contributed by atoms with E-state index in [4.69, 9.17) is 5.73 Å². The second-order valence-electron chi connectivity index (χ2n) is 5.76. The molecule has 0 spiro atoms. The van der Waals surface area contributed by atoms with Gasteiger partial charge in [-0.25, -0.2) is 0 Å². The summed E-state index contributed by atoms with van der Waals surface area (Å²) in [5, 5.41) is 0. The van der Waals surface area contributed by atoms with Crippen LogP contribution in [0.4, 0.5) is 0 Å². The summed E-state index contributed by atoms with van der Waals surface area (Å²) in [4.78, 5) is 28.1. The lowest BCUT2D eigenvalue weighted by Gasteiger charge is -2.30. The molecule has 0 bridgehead atoms. The number of carbonyl (C=O) groups excluding carboxylic acids is 2. The molecule has 1 heterocycles. The molecule has 2 rings (SSSR count). The van der Waals surface area contributed by atoms with Crippen molar-refractivity contribution in [1.29, 1.82) is 0 Å². The van der Waals surface area contributed by atoms with Crippen LogP contribution < -0.4 is 5.73 Å². The van der Waals surface area contributed by atoms with Crippen LogP contribution in [0.3, 0.4) is 0 Å². The maximum absolute atomic E-state index is 12.9. The Labute approximate surface area is 144 Å². The van der Waals surface area contributed by atoms with E-state index in [2.05, 4.69) is 0 Å². The first-order chi connectivity index (χ1) is 10.6. The molecule has 1 aromatic carbocycles. The van der Waals surface area contributed by atoms with E-state index in [1.807, 2.05) is 35.2 Å². The van der Waals surface area contributed by atoms with Gasteiger partial charge in [-0.05, 0) is 31.4 Å². The average Bonchev–Trinajstić information content (AvgIpc) is 3.01. The molecule has 1 aliphatic rings. The molecule has 0 radical (unpaired) electrons. The van der Waals surface area contributed by atoms with Crippen LogP contribution in [0, 0.1) is 0 Å². The van der Waals surface area contributed by atoms with Gasteiger partial charge >= 0.3 is 0 Å². The zero-order valence-electron chi connectivity index (χ0n) is 13.6. The fourth-order valence-electron chi connectivity index (χ4n) is 2.96. The van der Waals surface area contributed by atoms with Gasteiger partial charge in [-0.1, -0.05) is 30.3 Å². The minimum absolute atomic E-state index is 0. The van der Waals surface area contributed by atoms with Gasteiger partial charge in [0, 0.05) is 26.6 Å². The number of likely N-dealkylation sites (tertiary alicyclic amines) is 1. The van der Waals surface area contributed by atoms with Gasteiger partial charge in [0.05, 0.1) is 0 Å². The van der Waals surface area contributed by atoms with E-state index in [-0.39, 0.29) is 30.3 Å². The summed E-state index contributed by atoms with van der Waals surface area (Å²) < 4.78 is 0. The van der Waals surface area contributed by atoms with Gasteiger partial charge in [-0.15, -0.1) is 12.4 Å². The van der Waals surface area contributed by atoms with E-state index in [0.717, 1.165) is 24.8 Å². The Balaban J connectivity index is 0.00000264. The lowest BCUT2D eigenvalue weighted by atomic mass is 10.1. The van der Waals surface area contributed by atoms with E-state index in [0.29, 0.717) is 26.2 Å². The van der Waals surface area contributed by atoms with Gasteiger partial charge in [0.1, 0.15) is 6.04 Å². The third-order valence-corrected chi connectivity index (χ3v) is 4.10. The van der Waals surface area contributed by atoms with Crippen LogP contribution in [0.15, 0.2) is 30.3 Å². The molecule has 0 saturated carbocycles. The van der Waals surface area contributed by atoms with E-state index < -0.39 is 0 Å². The summed E-state index contributed by atoms with van der Waals surface area (Å²) >= 11 is 0. The molecule has 2 amide bonds. The highest BCUT2D eigenvalue weighted by Crippen LogP contribution is 2.20. The molecular weight excluding hydrogens is 314 g/mol. The largest absolute Gasteiger partial charge is 0.337 e. The van der Waals surface area contributed by atoms with Gasteiger partial charge in [0.25, 0.3) is 0 Å². The summed E-state index contributed by atoms with van der Waals surface area (Å²) in [7, 11) is 0. The van der Waals surface area contributed by atoms with Crippen LogP contribution in [-0.2, 0) is 16.1 Å². The standard InChI is InChI=1S/C17H25N3O2.ClH/c1-14(21)20-12-5-9-16(20)17(22)19(11-6-10-18)13-15-7-3-2-4-8-15;/h2-4,7-8,16H,5-6,9-13,18H2,1H3;1H. The Kier molecular flexibility index (Phi) is 8.06. The molecule has 128 valence electrons. The maximum atomic E-state index is 12.9. The van der Waals surface area contributed by atoms with Crippen LogP contribution in [0.2, 0.25) is 0 Å². The summed E-state index contributed by atoms with van der Waals surface area (Å²) in [6.45, 7) is 3.98. The van der Waals surface area contributed by atoms with Crippen molar-refractivity contribution in [2.45, 2.75) is 38.8 Å². The molecule has 6 heteroatoms. The number of hydrogen-bond acceptors (Lipinski definition) is 3. The first-order valence-electron chi connectivity index (χ1n) is 7.93. The lowest BCUT2D eigenvalue weighted by molar-refractivity contribution is -0.143. The van der Waals surface area contributed by atoms with Crippen molar-refractivity contribution in [3.63, 3.8) is 0 Å². The number of hydrogen-bond donors (Lipinski definition) is 1. The molecule has 1 unspecified atom stereocenters. The molecule has 1 fully saturated rings. The van der Waals surface area contributed by atoms with Crippen LogP contribution in [0.25, 0.3) is 0 Å². The van der Waals surface area contributed by atoms with E-state index in [1.165, 1.54) is 6.92 Å². The monoisotopic (exact) mass is 339 g/mol. The highest BCUT2D eigenvalue weighted by atomic mass is 35.5. The summed E-state index contributed by atoms with van der Waals surface area (Å²) in [6, 6.07) is 9.63. The second kappa shape index (κ2) is 9.53. The zero-order chi connectivity index (χ0) is 15.9. The molecule has 1 aromatic rings. The molecule has 2 N–H and O–H groups in total. The molecule has 0 aromatic heterocycles. The van der Waals surface area contributed by atoms with Crippen LogP contribution in [0.1, 0.15) is 31.7 Å². The van der Waals surface area contributed by atoms with Crippen molar-refractivity contribution in [2.24, 2.45) is 5.73 Å². The van der Waals surface area contributed by atoms with Gasteiger partial charge < -0.3 is 15.5 Å². The van der Waals surface area contributed by atoms with E-state index >= 15 is 0 Å². The van der Waals surface area contributed by atoms with E-state index in [1.54, 1.807) is 4.90 Å². The fraction of sp³-hybridized carbons (Fsp3) is 0.529. The Morgan fingerprint density at radius 2 is 2.00 bits per heavy atom. The number of rotatable bonds is 6. The molecule has 1 atom stereocenters. The Morgan fingerprint density at radius 3 is 2.61 bits per heavy atom. The normalized spacial score (nSPS) is 16.8. The molecular formula is C17H26ClN3O2. The summed E-state index contributed by atoms with van der Waals surface area (Å²) in [6.07, 6.45) is 2.42. The second-order valence-corrected chi connectivity index (χ2v) is 5.76. The van der Waals surface area contributed by atoms with Crippen molar-refractivity contribution in [1.82, 2.24) is 9.80 Å². The minimum Gasteiger partial charge on any atom is -0.337 e. The highest BCUT2D eigenvalue weighted by Gasteiger charge is 2.34. The number of benzene rings is 1. The van der Waals surface area contributed by atoms with Crippen LogP contribution in [0.5, 0.6) is 0 Å². The minimum atomic E-state index is -0.306. The Hall–Kier alpha value is -1.59. The predicted octanol–water partition coefficient (Wildman–Crippen LogP) is 1.80. The first-order valence-corrected chi connectivity index (χ1v) is 7.93. The van der Waals surface area contributed by atoms with Crippen molar-refractivity contribution in [3.8, 4) is 0 Å². The van der Waals surface area contributed by atoms with Gasteiger partial charge in [-0.3, -0.25) is 9.59 Å². The number of amides is 2. The van der Waals surface area contributed by atoms with E-state index in [9.17, 15) is 9.59 Å². The SMILES string of the molecule is CC(=O)N1CCCC1C(=O)N(CCCN)Cc1ccccc1.Cl. The Bertz CT molecular complexity index is 510. The number of halogens is 1. The molecule has 0 aliphatic carbocycles. The molecule has 5 nitrogen and oxygen atoms in total. The van der Waals surface area contributed by atoms with Gasteiger partial charge in [0.15, 0.2) is 0 Å². The van der Waals surface area contributed by atoms with Gasteiger partial charge in [-0.2, -0.15) is 0 Å². The van der Waals surface area contributed by atoms with Crippen molar-refractivity contribution < 1.29 is 9.59 Å². The zero-order valence-corrected chi connectivity index (χ0v) is 14.4. The molecule has 23 heavy (non-hydrogen) atoms. The highest BCUT2D eigenvalue weighted by molar-refractivity contribution is 5.87. The fourth-order valence-corrected chi connectivity index (χ4v) is 2.96. The maximum Gasteiger partial charge on any atom is 0.245 e. The Morgan fingerprint density at radius 1 is 1.30 bits per heavy atom. The first kappa shape index (κ1) is 19.5. The number of nitrogens with zero attached hydrogens (tertiary/aromatic N) is 2. The van der Waals surface area contributed by atoms with Crippen molar-refractivity contribution in [3.05, 3.63) is 35.9 Å². The summed E-state index contributed by atoms with van der Waals surface area (Å²) in [5.41, 5.74) is 6.69. The summed E-state index contributed by atoms with van der Waals surface area (Å²) in [5.74, 6) is 0.0272. The quantitative estimate of drug-likeness (QED) is 0.859. The third kappa shape index (κ3) is 5.22. The number of carbonyl (C=O) groups is 2. The third-order valence-electron chi connectivity index (χ3n) is 4.10. The average molecular weight is 340 g/mol. The molecule has 1 saturated heterocycles. The van der Waals surface area contributed by atoms with Crippen LogP contribution in [-0.4, -0.2) is 47.3 Å².